The van der Waals surface area contributed by atoms with Crippen LogP contribution in [0.4, 0.5) is 0 Å². The maximum absolute atomic E-state index is 11.8. The molecule has 2 N–H and O–H groups in total. The average molecular weight is 369 g/mol. The first-order valence-electron chi connectivity index (χ1n) is 10.3. The van der Waals surface area contributed by atoms with E-state index in [0.717, 1.165) is 32.1 Å². The lowest BCUT2D eigenvalue weighted by molar-refractivity contribution is -0.142. The SMILES string of the molecule is CCCCCCC/C=C/CCCC(=O)NCCCC[C@@H](C(=O)O)N(C)C. The molecule has 0 aromatic carbocycles. The van der Waals surface area contributed by atoms with Crippen molar-refractivity contribution in [3.8, 4) is 0 Å². The Hall–Kier alpha value is -1.36. The van der Waals surface area contributed by atoms with Crippen molar-refractivity contribution in [3.05, 3.63) is 12.2 Å². The summed E-state index contributed by atoms with van der Waals surface area (Å²) in [6.07, 6.45) is 16.8. The summed E-state index contributed by atoms with van der Waals surface area (Å²) in [5.74, 6) is -0.687. The van der Waals surface area contributed by atoms with Gasteiger partial charge in [0.25, 0.3) is 0 Å². The lowest BCUT2D eigenvalue weighted by atomic mass is 10.1. The summed E-state index contributed by atoms with van der Waals surface area (Å²) in [5, 5.41) is 12.0. The van der Waals surface area contributed by atoms with Crippen LogP contribution in [0, 0.1) is 0 Å². The first kappa shape index (κ1) is 24.6. The molecule has 0 aromatic heterocycles. The van der Waals surface area contributed by atoms with E-state index in [1.807, 2.05) is 0 Å². The van der Waals surface area contributed by atoms with Crippen LogP contribution in [0.3, 0.4) is 0 Å². The number of carbonyl (C=O) groups excluding carboxylic acids is 1. The Morgan fingerprint density at radius 2 is 1.62 bits per heavy atom. The van der Waals surface area contributed by atoms with E-state index in [9.17, 15) is 9.59 Å². The largest absolute Gasteiger partial charge is 0.480 e. The number of rotatable bonds is 17. The van der Waals surface area contributed by atoms with E-state index in [1.165, 1.54) is 32.1 Å². The number of carboxylic acid groups (broad SMARTS) is 1. The summed E-state index contributed by atoms with van der Waals surface area (Å²) >= 11 is 0. The summed E-state index contributed by atoms with van der Waals surface area (Å²) in [6, 6.07) is -0.441. The molecule has 5 nitrogen and oxygen atoms in total. The van der Waals surface area contributed by atoms with Crippen LogP contribution in [-0.4, -0.2) is 48.6 Å². The van der Waals surface area contributed by atoms with Crippen molar-refractivity contribution in [1.29, 1.82) is 0 Å². The van der Waals surface area contributed by atoms with E-state index in [2.05, 4.69) is 24.4 Å². The smallest absolute Gasteiger partial charge is 0.320 e. The third-order valence-corrected chi connectivity index (χ3v) is 4.55. The molecule has 1 atom stereocenters. The van der Waals surface area contributed by atoms with Gasteiger partial charge >= 0.3 is 5.97 Å². The predicted molar refractivity (Wildman–Crippen MR) is 108 cm³/mol. The highest BCUT2D eigenvalue weighted by Gasteiger charge is 2.18. The molecule has 152 valence electrons. The summed E-state index contributed by atoms with van der Waals surface area (Å²) < 4.78 is 0. The van der Waals surface area contributed by atoms with Gasteiger partial charge in [-0.1, -0.05) is 44.8 Å². The Morgan fingerprint density at radius 3 is 2.23 bits per heavy atom. The Morgan fingerprint density at radius 1 is 0.962 bits per heavy atom. The zero-order chi connectivity index (χ0) is 19.6. The molecule has 0 saturated heterocycles. The van der Waals surface area contributed by atoms with Crippen LogP contribution in [0.5, 0.6) is 0 Å². The molecule has 0 saturated carbocycles. The van der Waals surface area contributed by atoms with Crippen LogP contribution >= 0.6 is 0 Å². The molecule has 0 rings (SSSR count). The highest BCUT2D eigenvalue weighted by Crippen LogP contribution is 2.07. The summed E-state index contributed by atoms with van der Waals surface area (Å²) in [6.45, 7) is 2.86. The van der Waals surface area contributed by atoms with Crippen LogP contribution in [0.15, 0.2) is 12.2 Å². The van der Waals surface area contributed by atoms with Crippen molar-refractivity contribution < 1.29 is 14.7 Å². The van der Waals surface area contributed by atoms with E-state index in [-0.39, 0.29) is 5.91 Å². The second-order valence-corrected chi connectivity index (χ2v) is 7.23. The highest BCUT2D eigenvalue weighted by molar-refractivity contribution is 5.75. The van der Waals surface area contributed by atoms with Crippen molar-refractivity contribution >= 4 is 11.9 Å². The van der Waals surface area contributed by atoms with Crippen LogP contribution in [-0.2, 0) is 9.59 Å². The molecule has 0 heterocycles. The fourth-order valence-corrected chi connectivity index (χ4v) is 2.86. The van der Waals surface area contributed by atoms with Gasteiger partial charge in [0, 0.05) is 13.0 Å². The highest BCUT2D eigenvalue weighted by atomic mass is 16.4. The second kappa shape index (κ2) is 17.1. The molecular formula is C21H40N2O3. The molecule has 0 unspecified atom stereocenters. The van der Waals surface area contributed by atoms with Crippen molar-refractivity contribution in [2.45, 2.75) is 90.0 Å². The quantitative estimate of drug-likeness (QED) is 0.295. The third-order valence-electron chi connectivity index (χ3n) is 4.55. The number of carbonyl (C=O) groups is 2. The number of likely N-dealkylation sites (N-methyl/N-ethyl adjacent to an activating group) is 1. The Bertz CT molecular complexity index is 395. The van der Waals surface area contributed by atoms with Gasteiger partial charge in [-0.25, -0.2) is 0 Å². The van der Waals surface area contributed by atoms with Crippen LogP contribution in [0.25, 0.3) is 0 Å². The number of allylic oxidation sites excluding steroid dienone is 2. The summed E-state index contributed by atoms with van der Waals surface area (Å²) in [5.41, 5.74) is 0. The van der Waals surface area contributed by atoms with Gasteiger partial charge in [-0.3, -0.25) is 14.5 Å². The average Bonchev–Trinajstić information content (AvgIpc) is 2.58. The number of nitrogens with zero attached hydrogens (tertiary/aromatic N) is 1. The molecular weight excluding hydrogens is 328 g/mol. The first-order valence-corrected chi connectivity index (χ1v) is 10.3. The number of hydrogen-bond acceptors (Lipinski definition) is 3. The zero-order valence-corrected chi connectivity index (χ0v) is 17.1. The van der Waals surface area contributed by atoms with Crippen LogP contribution in [0.1, 0.15) is 84.0 Å². The Kier molecular flexibility index (Phi) is 16.2. The van der Waals surface area contributed by atoms with Gasteiger partial charge in [-0.05, 0) is 59.0 Å². The monoisotopic (exact) mass is 368 g/mol. The van der Waals surface area contributed by atoms with Gasteiger partial charge in [0.2, 0.25) is 5.91 Å². The van der Waals surface area contributed by atoms with Crippen LogP contribution in [0.2, 0.25) is 0 Å². The number of unbranched alkanes of at least 4 members (excludes halogenated alkanes) is 7. The summed E-state index contributed by atoms with van der Waals surface area (Å²) in [4.78, 5) is 24.5. The fraction of sp³-hybridized carbons (Fsp3) is 0.810. The van der Waals surface area contributed by atoms with E-state index < -0.39 is 12.0 Å². The van der Waals surface area contributed by atoms with Gasteiger partial charge in [0.1, 0.15) is 6.04 Å². The molecule has 0 aliphatic carbocycles. The molecule has 26 heavy (non-hydrogen) atoms. The normalized spacial score (nSPS) is 12.6. The number of aliphatic carboxylic acids is 1. The lowest BCUT2D eigenvalue weighted by Crippen LogP contribution is -2.35. The number of amides is 1. The topological polar surface area (TPSA) is 69.6 Å². The molecule has 0 radical (unpaired) electrons. The van der Waals surface area contributed by atoms with E-state index >= 15 is 0 Å². The van der Waals surface area contributed by atoms with Gasteiger partial charge in [0.05, 0.1) is 0 Å². The van der Waals surface area contributed by atoms with Crippen molar-refractivity contribution in [1.82, 2.24) is 10.2 Å². The Balaban J connectivity index is 3.51. The van der Waals surface area contributed by atoms with Gasteiger partial charge in [0.15, 0.2) is 0 Å². The third kappa shape index (κ3) is 14.9. The molecule has 0 bridgehead atoms. The van der Waals surface area contributed by atoms with E-state index in [1.54, 1.807) is 19.0 Å². The summed E-state index contributed by atoms with van der Waals surface area (Å²) in [7, 11) is 3.56. The predicted octanol–water partition coefficient (Wildman–Crippen LogP) is 4.37. The van der Waals surface area contributed by atoms with Crippen LogP contribution < -0.4 is 5.32 Å². The van der Waals surface area contributed by atoms with Crippen molar-refractivity contribution in [3.63, 3.8) is 0 Å². The second-order valence-electron chi connectivity index (χ2n) is 7.23. The molecule has 1 amide bonds. The standard InChI is InChI=1S/C21H40N2O3/c1-4-5-6-7-8-9-10-11-12-13-17-20(24)22-18-15-14-16-19(21(25)26)23(2)3/h10-11,19H,4-9,12-18H2,1-3H3,(H,22,24)(H,25,26)/b11-10+/t19-/m0/s1. The van der Waals surface area contributed by atoms with Crippen molar-refractivity contribution in [2.75, 3.05) is 20.6 Å². The minimum absolute atomic E-state index is 0.0976. The number of carboxylic acids is 1. The van der Waals surface area contributed by atoms with Crippen molar-refractivity contribution in [2.24, 2.45) is 0 Å². The maximum Gasteiger partial charge on any atom is 0.320 e. The van der Waals surface area contributed by atoms with Gasteiger partial charge < -0.3 is 10.4 Å². The molecule has 0 fully saturated rings. The number of nitrogens with one attached hydrogen (secondary N) is 1. The molecule has 0 aliphatic rings. The van der Waals surface area contributed by atoms with Gasteiger partial charge in [-0.2, -0.15) is 0 Å². The molecule has 0 spiro atoms. The molecule has 0 aliphatic heterocycles. The zero-order valence-electron chi connectivity index (χ0n) is 17.1. The minimum Gasteiger partial charge on any atom is -0.480 e. The fourth-order valence-electron chi connectivity index (χ4n) is 2.86. The van der Waals surface area contributed by atoms with E-state index in [0.29, 0.717) is 19.4 Å². The lowest BCUT2D eigenvalue weighted by Gasteiger charge is -2.19. The molecule has 0 aromatic rings. The Labute approximate surface area is 160 Å². The van der Waals surface area contributed by atoms with E-state index in [4.69, 9.17) is 5.11 Å². The number of hydrogen-bond donors (Lipinski definition) is 2. The minimum atomic E-state index is -0.784. The maximum atomic E-state index is 11.8. The first-order chi connectivity index (χ1) is 12.5. The molecule has 5 heteroatoms. The van der Waals surface area contributed by atoms with Gasteiger partial charge in [-0.15, -0.1) is 0 Å².